The molecule has 2 rings (SSSR count). The molecule has 0 spiro atoms. The monoisotopic (exact) mass is 317 g/mol. The summed E-state index contributed by atoms with van der Waals surface area (Å²) < 4.78 is 0. The molecular weight excluding hydrogens is 312 g/mol. The van der Waals surface area contributed by atoms with Crippen molar-refractivity contribution in [1.29, 1.82) is 0 Å². The van der Waals surface area contributed by atoms with Crippen molar-refractivity contribution in [3.63, 3.8) is 0 Å². The fraction of sp³-hybridized carbons (Fsp3) is 0. The first-order valence-electron chi connectivity index (χ1n) is 4.97. The molecule has 0 saturated carbocycles. The average Bonchev–Trinajstić information content (AvgIpc) is 2.26. The Kier molecular flexibility index (Phi) is 3.85. The van der Waals surface area contributed by atoms with E-state index in [2.05, 4.69) is 4.98 Å². The van der Waals surface area contributed by atoms with Crippen LogP contribution in [0, 0.1) is 0 Å². The van der Waals surface area contributed by atoms with Crippen molar-refractivity contribution in [3.8, 4) is 16.9 Å². The minimum absolute atomic E-state index is 0.279. The lowest BCUT2D eigenvalue weighted by Crippen LogP contribution is -2.00. The van der Waals surface area contributed by atoms with Crippen LogP contribution in [-0.4, -0.2) is 21.2 Å². The third-order valence-electron chi connectivity index (χ3n) is 2.37. The molecule has 98 valence electrons. The van der Waals surface area contributed by atoms with Crippen molar-refractivity contribution in [2.24, 2.45) is 0 Å². The Morgan fingerprint density at radius 1 is 1.11 bits per heavy atom. The van der Waals surface area contributed by atoms with Crippen molar-refractivity contribution in [2.75, 3.05) is 0 Å². The molecule has 0 radical (unpaired) electrons. The van der Waals surface area contributed by atoms with Crippen LogP contribution in [-0.2, 0) is 0 Å². The number of nitrogens with zero attached hydrogens (tertiary/aromatic N) is 1. The molecule has 0 aliphatic heterocycles. The first-order chi connectivity index (χ1) is 8.90. The largest absolute Gasteiger partial charge is 0.505 e. The zero-order valence-corrected chi connectivity index (χ0v) is 11.5. The second kappa shape index (κ2) is 5.25. The van der Waals surface area contributed by atoms with Gasteiger partial charge in [0.15, 0.2) is 5.69 Å². The number of aromatic nitrogens is 1. The van der Waals surface area contributed by atoms with Crippen LogP contribution in [0.1, 0.15) is 10.5 Å². The number of carbonyl (C=O) groups is 1. The molecule has 1 aromatic heterocycles. The van der Waals surface area contributed by atoms with Crippen molar-refractivity contribution in [1.82, 2.24) is 4.98 Å². The maximum atomic E-state index is 10.8. The molecule has 4 nitrogen and oxygen atoms in total. The summed E-state index contributed by atoms with van der Waals surface area (Å²) in [6.45, 7) is 0. The van der Waals surface area contributed by atoms with Gasteiger partial charge in [-0.15, -0.1) is 0 Å². The van der Waals surface area contributed by atoms with Crippen LogP contribution in [0.15, 0.2) is 24.4 Å². The van der Waals surface area contributed by atoms with Crippen LogP contribution in [0.3, 0.4) is 0 Å². The van der Waals surface area contributed by atoms with E-state index in [1.165, 1.54) is 24.4 Å². The number of pyridine rings is 1. The van der Waals surface area contributed by atoms with Gasteiger partial charge in [0.25, 0.3) is 0 Å². The van der Waals surface area contributed by atoms with Gasteiger partial charge in [0, 0.05) is 22.3 Å². The average molecular weight is 319 g/mol. The van der Waals surface area contributed by atoms with Crippen LogP contribution in [0.5, 0.6) is 5.75 Å². The number of hydrogen-bond acceptors (Lipinski definition) is 3. The molecule has 7 heteroatoms. The summed E-state index contributed by atoms with van der Waals surface area (Å²) in [5.74, 6) is -1.79. The topological polar surface area (TPSA) is 70.4 Å². The van der Waals surface area contributed by atoms with Crippen molar-refractivity contribution in [2.45, 2.75) is 0 Å². The molecule has 0 atom stereocenters. The minimum atomic E-state index is -1.32. The molecule has 1 heterocycles. The van der Waals surface area contributed by atoms with Gasteiger partial charge in [-0.1, -0.05) is 34.8 Å². The molecule has 2 N–H and O–H groups in total. The van der Waals surface area contributed by atoms with Gasteiger partial charge in [0.1, 0.15) is 5.75 Å². The van der Waals surface area contributed by atoms with E-state index in [1.54, 1.807) is 0 Å². The van der Waals surface area contributed by atoms with Gasteiger partial charge in [-0.25, -0.2) is 9.78 Å². The van der Waals surface area contributed by atoms with Gasteiger partial charge < -0.3 is 10.2 Å². The van der Waals surface area contributed by atoms with Gasteiger partial charge >= 0.3 is 5.97 Å². The minimum Gasteiger partial charge on any atom is -0.505 e. The first-order valence-corrected chi connectivity index (χ1v) is 6.10. The molecule has 0 aliphatic rings. The van der Waals surface area contributed by atoms with Gasteiger partial charge in [0.05, 0.1) is 10.0 Å². The van der Waals surface area contributed by atoms with Gasteiger partial charge in [-0.2, -0.15) is 0 Å². The van der Waals surface area contributed by atoms with E-state index >= 15 is 0 Å². The molecule has 0 aliphatic carbocycles. The highest BCUT2D eigenvalue weighted by Gasteiger charge is 2.16. The zero-order chi connectivity index (χ0) is 14.2. The second-order valence-electron chi connectivity index (χ2n) is 3.64. The number of benzene rings is 1. The molecule has 19 heavy (non-hydrogen) atoms. The number of halogens is 3. The molecule has 0 bridgehead atoms. The highest BCUT2D eigenvalue weighted by Crippen LogP contribution is 2.38. The Labute approximate surface area is 123 Å². The molecule has 0 fully saturated rings. The Balaban J connectivity index is 2.61. The summed E-state index contributed by atoms with van der Waals surface area (Å²) in [6.07, 6.45) is 1.27. The van der Waals surface area contributed by atoms with E-state index in [9.17, 15) is 9.90 Å². The van der Waals surface area contributed by atoms with Crippen molar-refractivity contribution >= 4 is 40.8 Å². The van der Waals surface area contributed by atoms with Crippen LogP contribution < -0.4 is 0 Å². The van der Waals surface area contributed by atoms with E-state index in [0.29, 0.717) is 16.1 Å². The maximum Gasteiger partial charge on any atom is 0.358 e. The van der Waals surface area contributed by atoms with E-state index in [-0.39, 0.29) is 10.0 Å². The summed E-state index contributed by atoms with van der Waals surface area (Å²) in [5.41, 5.74) is 0.381. The summed E-state index contributed by atoms with van der Waals surface area (Å²) in [5, 5.41) is 19.3. The van der Waals surface area contributed by atoms with Gasteiger partial charge in [-0.3, -0.25) is 0 Å². The first kappa shape index (κ1) is 13.9. The highest BCUT2D eigenvalue weighted by atomic mass is 35.5. The van der Waals surface area contributed by atoms with E-state index in [0.717, 1.165) is 0 Å². The molecule has 0 amide bonds. The fourth-order valence-corrected chi connectivity index (χ4v) is 2.61. The van der Waals surface area contributed by atoms with Crippen molar-refractivity contribution < 1.29 is 15.0 Å². The third kappa shape index (κ3) is 2.76. The van der Waals surface area contributed by atoms with Gasteiger partial charge in [-0.05, 0) is 18.2 Å². The summed E-state index contributed by atoms with van der Waals surface area (Å²) >= 11 is 17.9. The Hall–Kier alpha value is -1.49. The number of rotatable bonds is 2. The molecule has 0 saturated heterocycles. The second-order valence-corrected chi connectivity index (χ2v) is 4.89. The Morgan fingerprint density at radius 3 is 2.16 bits per heavy atom. The van der Waals surface area contributed by atoms with Crippen molar-refractivity contribution in [3.05, 3.63) is 45.2 Å². The fourth-order valence-electron chi connectivity index (χ4n) is 1.57. The Morgan fingerprint density at radius 2 is 1.68 bits per heavy atom. The van der Waals surface area contributed by atoms with E-state index in [1.807, 2.05) is 0 Å². The molecule has 1 aromatic carbocycles. The maximum absolute atomic E-state index is 10.8. The SMILES string of the molecule is O=C(O)c1ncc(-c2c(Cl)cc(Cl)cc2Cl)cc1O. The summed E-state index contributed by atoms with van der Waals surface area (Å²) in [7, 11) is 0. The number of aromatic hydroxyl groups is 1. The third-order valence-corrected chi connectivity index (χ3v) is 3.18. The molecule has 0 unspecified atom stereocenters. The lowest BCUT2D eigenvalue weighted by molar-refractivity contribution is 0.0687. The lowest BCUT2D eigenvalue weighted by Gasteiger charge is -2.09. The number of hydrogen-bond donors (Lipinski definition) is 2. The number of aromatic carboxylic acids is 1. The quantitative estimate of drug-likeness (QED) is 0.874. The number of carboxylic acid groups (broad SMARTS) is 1. The summed E-state index contributed by atoms with van der Waals surface area (Å²) in [6, 6.07) is 4.22. The van der Waals surface area contributed by atoms with Gasteiger partial charge in [0.2, 0.25) is 0 Å². The van der Waals surface area contributed by atoms with E-state index in [4.69, 9.17) is 39.9 Å². The Bertz CT molecular complexity index is 650. The highest BCUT2D eigenvalue weighted by molar-refractivity contribution is 6.41. The van der Waals surface area contributed by atoms with Crippen LogP contribution >= 0.6 is 34.8 Å². The zero-order valence-electron chi connectivity index (χ0n) is 9.19. The predicted octanol–water partition coefficient (Wildman–Crippen LogP) is 4.11. The number of carboxylic acids is 1. The summed E-state index contributed by atoms with van der Waals surface area (Å²) in [4.78, 5) is 14.4. The van der Waals surface area contributed by atoms with E-state index < -0.39 is 17.4 Å². The van der Waals surface area contributed by atoms with Crippen LogP contribution in [0.25, 0.3) is 11.1 Å². The van der Waals surface area contributed by atoms with Crippen LogP contribution in [0.4, 0.5) is 0 Å². The van der Waals surface area contributed by atoms with Crippen LogP contribution in [0.2, 0.25) is 15.1 Å². The standard InChI is InChI=1S/C12H6Cl3NO3/c13-6-2-7(14)10(8(15)3-6)5-1-9(17)11(12(18)19)16-4-5/h1-4,17H,(H,18,19). The smallest absolute Gasteiger partial charge is 0.358 e. The normalized spacial score (nSPS) is 10.5. The molecule has 2 aromatic rings. The predicted molar refractivity (Wildman–Crippen MR) is 73.3 cm³/mol. The molecular formula is C12H6Cl3NO3. The lowest BCUT2D eigenvalue weighted by atomic mass is 10.1.